The molecular weight excluding hydrogens is 398 g/mol. The van der Waals surface area contributed by atoms with Crippen molar-refractivity contribution in [2.75, 3.05) is 31.2 Å². The van der Waals surface area contributed by atoms with Crippen molar-refractivity contribution in [1.29, 1.82) is 0 Å². The van der Waals surface area contributed by atoms with E-state index in [-0.39, 0.29) is 11.8 Å². The molecule has 0 aliphatic heterocycles. The summed E-state index contributed by atoms with van der Waals surface area (Å²) in [6.07, 6.45) is 1.63. The van der Waals surface area contributed by atoms with Gasteiger partial charge in [0.15, 0.2) is 0 Å². The van der Waals surface area contributed by atoms with E-state index in [1.807, 2.05) is 19.9 Å². The van der Waals surface area contributed by atoms with Crippen molar-refractivity contribution in [3.8, 4) is 0 Å². The van der Waals surface area contributed by atoms with Crippen molar-refractivity contribution < 1.29 is 18.0 Å². The number of nitrogens with zero attached hydrogens (tertiary/aromatic N) is 1. The molecule has 1 aromatic heterocycles. The predicted octanol–water partition coefficient (Wildman–Crippen LogP) is 2.57. The number of carbonyl (C=O) groups is 2. The highest BCUT2D eigenvalue weighted by atomic mass is 32.2. The van der Waals surface area contributed by atoms with Gasteiger partial charge >= 0.3 is 0 Å². The predicted molar refractivity (Wildman–Crippen MR) is 113 cm³/mol. The van der Waals surface area contributed by atoms with E-state index in [4.69, 9.17) is 0 Å². The number of hydrogen-bond donors (Lipinski definition) is 2. The van der Waals surface area contributed by atoms with Crippen molar-refractivity contribution in [3.63, 3.8) is 0 Å². The van der Waals surface area contributed by atoms with Gasteiger partial charge in [0.1, 0.15) is 0 Å². The van der Waals surface area contributed by atoms with Gasteiger partial charge in [0, 0.05) is 35.8 Å². The lowest BCUT2D eigenvalue weighted by Gasteiger charge is -2.18. The number of sulfonamides is 1. The van der Waals surface area contributed by atoms with E-state index in [9.17, 15) is 18.0 Å². The molecule has 2 N–H and O–H groups in total. The van der Waals surface area contributed by atoms with E-state index in [0.29, 0.717) is 42.2 Å². The van der Waals surface area contributed by atoms with Gasteiger partial charge < -0.3 is 10.2 Å². The summed E-state index contributed by atoms with van der Waals surface area (Å²) in [6, 6.07) is 10.3. The first-order chi connectivity index (χ1) is 13.2. The molecular formula is C19H25N3O4S2. The minimum atomic E-state index is -3.21. The van der Waals surface area contributed by atoms with Crippen LogP contribution in [-0.2, 0) is 16.4 Å². The van der Waals surface area contributed by atoms with E-state index < -0.39 is 10.0 Å². The maximum atomic E-state index is 12.4. The Morgan fingerprint density at radius 3 is 2.25 bits per heavy atom. The van der Waals surface area contributed by atoms with E-state index in [0.717, 1.165) is 11.1 Å². The van der Waals surface area contributed by atoms with Gasteiger partial charge in [-0.3, -0.25) is 9.59 Å². The van der Waals surface area contributed by atoms with E-state index >= 15 is 0 Å². The molecule has 0 atom stereocenters. The average Bonchev–Trinajstić information content (AvgIpc) is 3.11. The molecule has 0 saturated carbocycles. The first-order valence-corrected chi connectivity index (χ1v) is 11.7. The van der Waals surface area contributed by atoms with Crippen molar-refractivity contribution in [2.24, 2.45) is 0 Å². The number of hydrogen-bond acceptors (Lipinski definition) is 5. The summed E-state index contributed by atoms with van der Waals surface area (Å²) >= 11 is 1.32. The van der Waals surface area contributed by atoms with Crippen molar-refractivity contribution in [1.82, 2.24) is 9.62 Å². The van der Waals surface area contributed by atoms with Gasteiger partial charge in [-0.2, -0.15) is 0 Å². The maximum absolute atomic E-state index is 12.4. The highest BCUT2D eigenvalue weighted by Crippen LogP contribution is 2.19. The number of thiophene rings is 1. The Hall–Kier alpha value is -2.23. The third-order valence-electron chi connectivity index (χ3n) is 4.06. The van der Waals surface area contributed by atoms with E-state index in [2.05, 4.69) is 10.0 Å². The average molecular weight is 424 g/mol. The van der Waals surface area contributed by atoms with Crippen LogP contribution in [-0.4, -0.2) is 51.0 Å². The quantitative estimate of drug-likeness (QED) is 0.648. The lowest BCUT2D eigenvalue weighted by Crippen LogP contribution is -2.30. The van der Waals surface area contributed by atoms with E-state index in [1.54, 1.807) is 35.2 Å². The van der Waals surface area contributed by atoms with Crippen molar-refractivity contribution in [2.45, 2.75) is 20.3 Å². The van der Waals surface area contributed by atoms with Gasteiger partial charge in [-0.1, -0.05) is 0 Å². The molecule has 28 heavy (non-hydrogen) atoms. The molecule has 0 radical (unpaired) electrons. The third-order valence-corrected chi connectivity index (χ3v) is 5.93. The second-order valence-electron chi connectivity index (χ2n) is 6.19. The number of carbonyl (C=O) groups excluding carboxylic acids is 2. The minimum Gasteiger partial charge on any atom is -0.339 e. The lowest BCUT2D eigenvalue weighted by atomic mass is 10.1. The molecule has 2 amide bonds. The molecule has 9 heteroatoms. The molecule has 7 nitrogen and oxygen atoms in total. The van der Waals surface area contributed by atoms with Crippen LogP contribution in [0.4, 0.5) is 5.69 Å². The molecule has 1 aromatic carbocycles. The van der Waals surface area contributed by atoms with Crippen molar-refractivity contribution in [3.05, 3.63) is 51.7 Å². The summed E-state index contributed by atoms with van der Waals surface area (Å²) in [5.41, 5.74) is 1.19. The van der Waals surface area contributed by atoms with Crippen molar-refractivity contribution >= 4 is 38.9 Å². The highest BCUT2D eigenvalue weighted by molar-refractivity contribution is 7.88. The van der Waals surface area contributed by atoms with Gasteiger partial charge in [0.25, 0.3) is 11.8 Å². The van der Waals surface area contributed by atoms with Crippen LogP contribution in [0.5, 0.6) is 0 Å². The third kappa shape index (κ3) is 6.43. The van der Waals surface area contributed by atoms with Crippen LogP contribution in [0.2, 0.25) is 0 Å². The summed E-state index contributed by atoms with van der Waals surface area (Å²) in [5.74, 6) is -0.274. The number of anilines is 1. The topological polar surface area (TPSA) is 95.6 Å². The maximum Gasteiger partial charge on any atom is 0.265 e. The molecule has 2 aromatic rings. The van der Waals surface area contributed by atoms with Gasteiger partial charge in [-0.25, -0.2) is 13.1 Å². The number of nitrogens with one attached hydrogen (secondary N) is 2. The summed E-state index contributed by atoms with van der Waals surface area (Å²) in [4.78, 5) is 27.9. The van der Waals surface area contributed by atoms with Crippen LogP contribution in [0.3, 0.4) is 0 Å². The second kappa shape index (κ2) is 9.81. The Morgan fingerprint density at radius 1 is 1.04 bits per heavy atom. The molecule has 152 valence electrons. The van der Waals surface area contributed by atoms with Gasteiger partial charge in [-0.05, 0) is 56.7 Å². The standard InChI is InChI=1S/C19H25N3O4S2/c1-4-22(5-2)19(24)14-6-8-15(9-7-14)21-18(23)17-11-10-16(27-17)12-13-20-28(3,25)26/h6-11,20H,4-5,12-13H2,1-3H3,(H,21,23). The Morgan fingerprint density at radius 2 is 1.68 bits per heavy atom. The molecule has 0 spiro atoms. The molecule has 0 saturated heterocycles. The fraction of sp³-hybridized carbons (Fsp3) is 0.368. The van der Waals surface area contributed by atoms with Crippen LogP contribution < -0.4 is 10.0 Å². The van der Waals surface area contributed by atoms with Crippen LogP contribution >= 0.6 is 11.3 Å². The van der Waals surface area contributed by atoms with Gasteiger partial charge in [0.2, 0.25) is 10.0 Å². The number of benzene rings is 1. The zero-order chi connectivity index (χ0) is 20.7. The monoisotopic (exact) mass is 423 g/mol. The summed E-state index contributed by atoms with van der Waals surface area (Å²) in [5, 5.41) is 2.81. The largest absolute Gasteiger partial charge is 0.339 e. The molecule has 0 aliphatic rings. The van der Waals surface area contributed by atoms with Gasteiger partial charge in [0.05, 0.1) is 11.1 Å². The lowest BCUT2D eigenvalue weighted by molar-refractivity contribution is 0.0773. The summed E-state index contributed by atoms with van der Waals surface area (Å²) in [6.45, 7) is 5.45. The molecule has 1 heterocycles. The van der Waals surface area contributed by atoms with Crippen LogP contribution in [0.1, 0.15) is 38.8 Å². The second-order valence-corrected chi connectivity index (χ2v) is 9.19. The Balaban J connectivity index is 1.95. The number of rotatable bonds is 9. The molecule has 0 bridgehead atoms. The van der Waals surface area contributed by atoms with Crippen LogP contribution in [0.25, 0.3) is 0 Å². The van der Waals surface area contributed by atoms with E-state index in [1.165, 1.54) is 11.3 Å². The fourth-order valence-electron chi connectivity index (χ4n) is 2.58. The first kappa shape index (κ1) is 22.1. The smallest absolute Gasteiger partial charge is 0.265 e. The highest BCUT2D eigenvalue weighted by Gasteiger charge is 2.13. The van der Waals surface area contributed by atoms with Crippen LogP contribution in [0.15, 0.2) is 36.4 Å². The summed E-state index contributed by atoms with van der Waals surface area (Å²) < 4.78 is 24.6. The SMILES string of the molecule is CCN(CC)C(=O)c1ccc(NC(=O)c2ccc(CCNS(C)(=O)=O)s2)cc1. The summed E-state index contributed by atoms with van der Waals surface area (Å²) in [7, 11) is -3.21. The first-order valence-electron chi connectivity index (χ1n) is 8.97. The fourth-order valence-corrected chi connectivity index (χ4v) is 3.95. The zero-order valence-electron chi connectivity index (χ0n) is 16.2. The molecule has 0 unspecified atom stereocenters. The van der Waals surface area contributed by atoms with Crippen LogP contribution in [0, 0.1) is 0 Å². The van der Waals surface area contributed by atoms with Gasteiger partial charge in [-0.15, -0.1) is 11.3 Å². The minimum absolute atomic E-state index is 0.0338. The number of amides is 2. The molecule has 0 aliphatic carbocycles. The Kier molecular flexibility index (Phi) is 7.73. The Bertz CT molecular complexity index is 917. The molecule has 2 rings (SSSR count). The molecule has 0 fully saturated rings. The normalized spacial score (nSPS) is 11.2. The Labute approximate surface area is 169 Å². The zero-order valence-corrected chi connectivity index (χ0v) is 17.8.